The van der Waals surface area contributed by atoms with E-state index in [0.717, 1.165) is 29.4 Å². The molecule has 0 atom stereocenters. The number of carboxylic acid groups (broad SMARTS) is 1. The summed E-state index contributed by atoms with van der Waals surface area (Å²) in [6.07, 6.45) is 2.53. The van der Waals surface area contributed by atoms with Crippen LogP contribution in [0.1, 0.15) is 12.6 Å². The molecule has 8 heteroatoms. The number of carboxylic acids is 1. The first kappa shape index (κ1) is 11.6. The molecule has 0 amide bonds. The smallest absolute Gasteiger partial charge is 0.313 e. The molecule has 7 nitrogen and oxygen atoms in total. The van der Waals surface area contributed by atoms with Crippen LogP contribution in [0.4, 0.5) is 0 Å². The summed E-state index contributed by atoms with van der Waals surface area (Å²) >= 11 is 1.10. The minimum atomic E-state index is -0.884. The lowest BCUT2D eigenvalue weighted by atomic mass is 10.2. The number of thioether (sulfide) groups is 1. The molecule has 0 saturated carbocycles. The van der Waals surface area contributed by atoms with E-state index in [1.54, 1.807) is 6.20 Å². The summed E-state index contributed by atoms with van der Waals surface area (Å²) in [5.41, 5.74) is 1.76. The summed E-state index contributed by atoms with van der Waals surface area (Å²) in [5.74, 6) is -0.324. The number of rotatable bonds is 5. The molecule has 0 fully saturated rings. The van der Waals surface area contributed by atoms with Crippen molar-refractivity contribution in [1.29, 1.82) is 0 Å². The van der Waals surface area contributed by atoms with Gasteiger partial charge < -0.3 is 10.1 Å². The number of aryl methyl sites for hydroxylation is 1. The van der Waals surface area contributed by atoms with E-state index in [0.29, 0.717) is 11.0 Å². The number of nitrogens with zero attached hydrogens (tertiary/aromatic N) is 3. The Hall–Kier alpha value is -1.83. The Bertz CT molecular complexity index is 521. The Kier molecular flexibility index (Phi) is 3.43. The molecular formula is C9H11N5O2S. The lowest BCUT2D eigenvalue weighted by molar-refractivity contribution is -0.133. The van der Waals surface area contributed by atoms with Crippen molar-refractivity contribution in [2.45, 2.75) is 18.5 Å². The Morgan fingerprint density at radius 1 is 1.53 bits per heavy atom. The fourth-order valence-electron chi connectivity index (χ4n) is 1.36. The Labute approximate surface area is 101 Å². The van der Waals surface area contributed by atoms with E-state index in [1.807, 2.05) is 6.92 Å². The number of carbonyl (C=O) groups is 1. The lowest BCUT2D eigenvalue weighted by Crippen LogP contribution is -1.97. The first-order chi connectivity index (χ1) is 8.20. The molecule has 0 spiro atoms. The minimum absolute atomic E-state index is 0.0410. The van der Waals surface area contributed by atoms with Gasteiger partial charge in [0.15, 0.2) is 11.0 Å². The highest BCUT2D eigenvalue weighted by Gasteiger charge is 2.12. The van der Waals surface area contributed by atoms with Crippen molar-refractivity contribution in [3.05, 3.63) is 11.9 Å². The first-order valence-corrected chi connectivity index (χ1v) is 5.99. The third-order valence-electron chi connectivity index (χ3n) is 2.11. The van der Waals surface area contributed by atoms with Crippen LogP contribution in [-0.2, 0) is 11.2 Å². The maximum absolute atomic E-state index is 10.4. The topological polar surface area (TPSA) is 108 Å². The molecule has 0 aliphatic heterocycles. The molecule has 2 aromatic rings. The van der Waals surface area contributed by atoms with Gasteiger partial charge in [-0.15, -0.1) is 10.2 Å². The van der Waals surface area contributed by atoms with Gasteiger partial charge in [-0.2, -0.15) is 5.10 Å². The predicted octanol–water partition coefficient (Wildman–Crippen LogP) is 0.934. The highest BCUT2D eigenvalue weighted by Crippen LogP contribution is 2.21. The highest BCUT2D eigenvalue weighted by molar-refractivity contribution is 7.99. The summed E-state index contributed by atoms with van der Waals surface area (Å²) < 4.78 is 0. The van der Waals surface area contributed by atoms with Crippen molar-refractivity contribution in [2.75, 3.05) is 5.75 Å². The van der Waals surface area contributed by atoms with Crippen LogP contribution in [0.3, 0.4) is 0 Å². The molecule has 0 unspecified atom stereocenters. The van der Waals surface area contributed by atoms with Crippen LogP contribution in [-0.4, -0.2) is 42.2 Å². The van der Waals surface area contributed by atoms with E-state index in [-0.39, 0.29) is 5.75 Å². The van der Waals surface area contributed by atoms with Gasteiger partial charge in [0, 0.05) is 6.20 Å². The second-order valence-corrected chi connectivity index (χ2v) is 4.22. The van der Waals surface area contributed by atoms with Crippen LogP contribution >= 0.6 is 11.8 Å². The van der Waals surface area contributed by atoms with Crippen LogP contribution < -0.4 is 0 Å². The van der Waals surface area contributed by atoms with Crippen molar-refractivity contribution in [1.82, 2.24) is 25.4 Å². The third kappa shape index (κ3) is 2.64. The normalized spacial score (nSPS) is 10.6. The predicted molar refractivity (Wildman–Crippen MR) is 61.7 cm³/mol. The molecule has 2 aromatic heterocycles. The zero-order valence-electron chi connectivity index (χ0n) is 9.10. The number of aliphatic carboxylic acids is 1. The summed E-state index contributed by atoms with van der Waals surface area (Å²) in [5, 5.41) is 23.7. The summed E-state index contributed by atoms with van der Waals surface area (Å²) in [7, 11) is 0. The zero-order valence-corrected chi connectivity index (χ0v) is 9.91. The van der Waals surface area contributed by atoms with Crippen molar-refractivity contribution >= 4 is 17.7 Å². The monoisotopic (exact) mass is 253 g/mol. The van der Waals surface area contributed by atoms with Gasteiger partial charge in [0.1, 0.15) is 0 Å². The van der Waals surface area contributed by atoms with Crippen molar-refractivity contribution in [3.8, 4) is 11.4 Å². The SMILES string of the molecule is CCc1n[nH]cc1-c1nnc(SCC(=O)O)[nH]1. The summed E-state index contributed by atoms with van der Waals surface area (Å²) in [6, 6.07) is 0. The fourth-order valence-corrected chi connectivity index (χ4v) is 1.88. The molecule has 2 heterocycles. The van der Waals surface area contributed by atoms with Crippen LogP contribution in [0.15, 0.2) is 11.4 Å². The van der Waals surface area contributed by atoms with Crippen LogP contribution in [0, 0.1) is 0 Å². The lowest BCUT2D eigenvalue weighted by Gasteiger charge is -1.93. The number of aromatic amines is 2. The van der Waals surface area contributed by atoms with Crippen LogP contribution in [0.25, 0.3) is 11.4 Å². The minimum Gasteiger partial charge on any atom is -0.481 e. The number of hydrogen-bond donors (Lipinski definition) is 3. The standard InChI is InChI=1S/C9H11N5O2S/c1-2-6-5(3-10-12-6)8-11-9(14-13-8)17-4-7(15)16/h3H,2,4H2,1H3,(H,10,12)(H,15,16)(H,11,13,14). The van der Waals surface area contributed by atoms with E-state index < -0.39 is 5.97 Å². The Morgan fingerprint density at radius 2 is 2.35 bits per heavy atom. The van der Waals surface area contributed by atoms with E-state index in [4.69, 9.17) is 5.11 Å². The molecule has 3 N–H and O–H groups in total. The highest BCUT2D eigenvalue weighted by atomic mass is 32.2. The largest absolute Gasteiger partial charge is 0.481 e. The molecule has 0 aliphatic rings. The summed E-state index contributed by atoms with van der Waals surface area (Å²) in [6.45, 7) is 2.00. The third-order valence-corrected chi connectivity index (χ3v) is 2.96. The number of nitrogens with one attached hydrogen (secondary N) is 2. The maximum atomic E-state index is 10.4. The molecule has 0 bridgehead atoms. The molecule has 0 aliphatic carbocycles. The van der Waals surface area contributed by atoms with Crippen molar-refractivity contribution in [3.63, 3.8) is 0 Å². The van der Waals surface area contributed by atoms with Crippen molar-refractivity contribution < 1.29 is 9.90 Å². The van der Waals surface area contributed by atoms with Gasteiger partial charge in [0.2, 0.25) is 0 Å². The van der Waals surface area contributed by atoms with Crippen LogP contribution in [0.5, 0.6) is 0 Å². The van der Waals surface area contributed by atoms with Gasteiger partial charge in [-0.05, 0) is 6.42 Å². The van der Waals surface area contributed by atoms with Gasteiger partial charge >= 0.3 is 5.97 Å². The van der Waals surface area contributed by atoms with Gasteiger partial charge in [0.25, 0.3) is 0 Å². The van der Waals surface area contributed by atoms with Crippen LogP contribution in [0.2, 0.25) is 0 Å². The van der Waals surface area contributed by atoms with E-state index in [9.17, 15) is 4.79 Å². The van der Waals surface area contributed by atoms with Gasteiger partial charge in [0.05, 0.1) is 17.0 Å². The second kappa shape index (κ2) is 5.00. The average molecular weight is 253 g/mol. The average Bonchev–Trinajstić information content (AvgIpc) is 2.94. The molecule has 2 rings (SSSR count). The maximum Gasteiger partial charge on any atom is 0.313 e. The Morgan fingerprint density at radius 3 is 3.06 bits per heavy atom. The number of aromatic nitrogens is 5. The molecular weight excluding hydrogens is 242 g/mol. The van der Waals surface area contributed by atoms with Gasteiger partial charge in [-0.25, -0.2) is 0 Å². The molecule has 0 radical (unpaired) electrons. The van der Waals surface area contributed by atoms with Gasteiger partial charge in [-0.3, -0.25) is 9.89 Å². The van der Waals surface area contributed by atoms with E-state index in [2.05, 4.69) is 25.4 Å². The summed E-state index contributed by atoms with van der Waals surface area (Å²) in [4.78, 5) is 13.4. The number of H-pyrrole nitrogens is 2. The Balaban J connectivity index is 2.15. The van der Waals surface area contributed by atoms with E-state index >= 15 is 0 Å². The molecule has 90 valence electrons. The van der Waals surface area contributed by atoms with E-state index in [1.165, 1.54) is 0 Å². The molecule has 17 heavy (non-hydrogen) atoms. The first-order valence-electron chi connectivity index (χ1n) is 5.01. The quantitative estimate of drug-likeness (QED) is 0.684. The fraction of sp³-hybridized carbons (Fsp3) is 0.333. The molecule has 0 saturated heterocycles. The van der Waals surface area contributed by atoms with Gasteiger partial charge in [-0.1, -0.05) is 18.7 Å². The second-order valence-electron chi connectivity index (χ2n) is 3.26. The zero-order chi connectivity index (χ0) is 12.3. The number of hydrogen-bond acceptors (Lipinski definition) is 5. The molecule has 0 aromatic carbocycles. The van der Waals surface area contributed by atoms with Crippen molar-refractivity contribution in [2.24, 2.45) is 0 Å².